The highest BCUT2D eigenvalue weighted by Crippen LogP contribution is 2.28. The second kappa shape index (κ2) is 10.5. The van der Waals surface area contributed by atoms with Gasteiger partial charge in [0.15, 0.2) is 33.8 Å². The van der Waals surface area contributed by atoms with Crippen molar-refractivity contribution in [2.24, 2.45) is 7.05 Å². The number of thioether (sulfide) groups is 1. The van der Waals surface area contributed by atoms with Gasteiger partial charge in [-0.05, 0) is 50.1 Å². The van der Waals surface area contributed by atoms with Crippen molar-refractivity contribution in [2.45, 2.75) is 32.0 Å². The van der Waals surface area contributed by atoms with Gasteiger partial charge in [0.05, 0.1) is 11.4 Å². The van der Waals surface area contributed by atoms with Gasteiger partial charge >= 0.3 is 0 Å². The van der Waals surface area contributed by atoms with Gasteiger partial charge in [-0.15, -0.1) is 21.5 Å². The molecule has 1 N–H and O–H groups in total. The summed E-state index contributed by atoms with van der Waals surface area (Å²) in [4.78, 5) is 17.0. The molecule has 1 atom stereocenters. The number of hydrogen-bond donors (Lipinski definition) is 1. The number of amides is 1. The van der Waals surface area contributed by atoms with Crippen LogP contribution in [0.4, 0.5) is 13.9 Å². The Morgan fingerprint density at radius 2 is 1.97 bits per heavy atom. The summed E-state index contributed by atoms with van der Waals surface area (Å²) in [5, 5.41) is 13.9. The summed E-state index contributed by atoms with van der Waals surface area (Å²) in [7, 11) is 1.73. The number of hydrogen-bond acceptors (Lipinski definition) is 7. The summed E-state index contributed by atoms with van der Waals surface area (Å²) in [5.74, 6) is -1.25. The molecule has 1 amide bonds. The first kappa shape index (κ1) is 24.8. The molecule has 1 unspecified atom stereocenters. The van der Waals surface area contributed by atoms with Gasteiger partial charge in [0.25, 0.3) is 0 Å². The normalized spacial score (nSPS) is 11.9. The highest BCUT2D eigenvalue weighted by atomic mass is 32.2. The van der Waals surface area contributed by atoms with Crippen molar-refractivity contribution >= 4 is 34.1 Å². The van der Waals surface area contributed by atoms with Crippen LogP contribution in [-0.4, -0.2) is 31.4 Å². The molecule has 2 aromatic heterocycles. The van der Waals surface area contributed by atoms with Crippen LogP contribution in [0.25, 0.3) is 11.3 Å². The number of aromatic nitrogens is 4. The molecule has 2 heterocycles. The number of rotatable bonds is 8. The second-order valence-electron chi connectivity index (χ2n) is 7.91. The van der Waals surface area contributed by atoms with E-state index < -0.39 is 17.7 Å². The zero-order valence-electron chi connectivity index (χ0n) is 19.5. The van der Waals surface area contributed by atoms with Crippen molar-refractivity contribution < 1.29 is 18.3 Å². The van der Waals surface area contributed by atoms with E-state index in [1.54, 1.807) is 18.5 Å². The molecule has 0 aliphatic rings. The van der Waals surface area contributed by atoms with E-state index in [1.807, 2.05) is 11.4 Å². The first-order valence-electron chi connectivity index (χ1n) is 10.7. The largest absolute Gasteiger partial charge is 0.480 e. The molecule has 4 aromatic rings. The first-order chi connectivity index (χ1) is 16.7. The Balaban J connectivity index is 1.34. The van der Waals surface area contributed by atoms with Crippen LogP contribution in [0.3, 0.4) is 0 Å². The average molecular weight is 516 g/mol. The van der Waals surface area contributed by atoms with Crippen LogP contribution >= 0.6 is 23.1 Å². The molecule has 35 heavy (non-hydrogen) atoms. The molecule has 0 spiro atoms. The van der Waals surface area contributed by atoms with Crippen molar-refractivity contribution in [2.75, 3.05) is 11.1 Å². The number of nitrogens with zero attached hydrogens (tertiary/aromatic N) is 4. The number of thiazole rings is 1. The van der Waals surface area contributed by atoms with Crippen LogP contribution in [0, 0.1) is 25.5 Å². The molecular formula is C24H23F2N5O2S2. The van der Waals surface area contributed by atoms with E-state index in [1.165, 1.54) is 40.3 Å². The zero-order valence-corrected chi connectivity index (χ0v) is 21.1. The topological polar surface area (TPSA) is 81.9 Å². The Morgan fingerprint density at radius 3 is 2.71 bits per heavy atom. The molecule has 0 saturated carbocycles. The van der Waals surface area contributed by atoms with Gasteiger partial charge < -0.3 is 14.6 Å². The number of benzene rings is 2. The molecule has 0 saturated heterocycles. The number of carbonyl (C=O) groups is 1. The Bertz CT molecular complexity index is 1370. The third-order valence-electron chi connectivity index (χ3n) is 5.32. The highest BCUT2D eigenvalue weighted by Gasteiger charge is 2.20. The molecule has 0 aliphatic heterocycles. The maximum Gasteiger partial charge on any atom is 0.236 e. The molecule has 0 fully saturated rings. The standard InChI is InChI=1S/C24H23F2N5O2S2/c1-13-5-6-16(9-14(13)2)19-11-34-23(27-19)28-21(32)12-35-24-30-29-22(31(24)4)15(3)33-20-8-7-17(25)10-18(20)26/h5-11,15H,12H2,1-4H3,(H,27,28,32). The minimum Gasteiger partial charge on any atom is -0.480 e. The van der Waals surface area contributed by atoms with E-state index in [4.69, 9.17) is 4.74 Å². The summed E-state index contributed by atoms with van der Waals surface area (Å²) in [6.45, 7) is 5.79. The number of anilines is 1. The number of aryl methyl sites for hydroxylation is 2. The van der Waals surface area contributed by atoms with Crippen LogP contribution in [0.1, 0.15) is 30.0 Å². The Labute approximate surface area is 209 Å². The van der Waals surface area contributed by atoms with Gasteiger partial charge in [-0.2, -0.15) is 0 Å². The van der Waals surface area contributed by atoms with E-state index >= 15 is 0 Å². The average Bonchev–Trinajstić information content (AvgIpc) is 3.42. The zero-order chi connectivity index (χ0) is 25.1. The predicted molar refractivity (Wildman–Crippen MR) is 133 cm³/mol. The minimum absolute atomic E-state index is 0.0842. The minimum atomic E-state index is -0.798. The molecule has 11 heteroatoms. The lowest BCUT2D eigenvalue weighted by atomic mass is 10.1. The van der Waals surface area contributed by atoms with Crippen molar-refractivity contribution in [3.8, 4) is 17.0 Å². The Morgan fingerprint density at radius 1 is 1.17 bits per heavy atom. The third-order valence-corrected chi connectivity index (χ3v) is 7.09. The summed E-state index contributed by atoms with van der Waals surface area (Å²) >= 11 is 2.57. The Kier molecular flexibility index (Phi) is 7.46. The lowest BCUT2D eigenvalue weighted by Gasteiger charge is -2.14. The smallest absolute Gasteiger partial charge is 0.236 e. The van der Waals surface area contributed by atoms with Gasteiger partial charge in [0.1, 0.15) is 5.82 Å². The van der Waals surface area contributed by atoms with E-state index in [2.05, 4.69) is 46.5 Å². The van der Waals surface area contributed by atoms with E-state index in [9.17, 15) is 13.6 Å². The fraction of sp³-hybridized carbons (Fsp3) is 0.250. The van der Waals surface area contributed by atoms with Crippen LogP contribution in [-0.2, 0) is 11.8 Å². The highest BCUT2D eigenvalue weighted by molar-refractivity contribution is 7.99. The van der Waals surface area contributed by atoms with E-state index in [0.29, 0.717) is 16.1 Å². The van der Waals surface area contributed by atoms with E-state index in [-0.39, 0.29) is 17.4 Å². The van der Waals surface area contributed by atoms with Crippen molar-refractivity contribution in [3.05, 3.63) is 70.4 Å². The summed E-state index contributed by atoms with van der Waals surface area (Å²) < 4.78 is 34.2. The molecule has 0 radical (unpaired) electrons. The lowest BCUT2D eigenvalue weighted by Crippen LogP contribution is -2.14. The summed E-state index contributed by atoms with van der Waals surface area (Å²) in [5.41, 5.74) is 4.21. The van der Waals surface area contributed by atoms with E-state index in [0.717, 1.165) is 23.4 Å². The first-order valence-corrected chi connectivity index (χ1v) is 12.5. The second-order valence-corrected chi connectivity index (χ2v) is 9.71. The number of halogens is 2. The maximum atomic E-state index is 13.9. The fourth-order valence-electron chi connectivity index (χ4n) is 3.27. The van der Waals surface area contributed by atoms with Crippen LogP contribution in [0.5, 0.6) is 5.75 Å². The van der Waals surface area contributed by atoms with Crippen molar-refractivity contribution in [3.63, 3.8) is 0 Å². The quantitative estimate of drug-likeness (QED) is 0.303. The van der Waals surface area contributed by atoms with Gasteiger partial charge in [-0.25, -0.2) is 13.8 Å². The molecule has 182 valence electrons. The van der Waals surface area contributed by atoms with Crippen molar-refractivity contribution in [1.82, 2.24) is 19.7 Å². The fourth-order valence-corrected chi connectivity index (χ4v) is 4.72. The van der Waals surface area contributed by atoms with Crippen LogP contribution in [0.15, 0.2) is 46.9 Å². The lowest BCUT2D eigenvalue weighted by molar-refractivity contribution is -0.113. The van der Waals surface area contributed by atoms with Crippen LogP contribution < -0.4 is 10.1 Å². The number of carbonyl (C=O) groups excluding carboxylic acids is 1. The SMILES string of the molecule is Cc1ccc(-c2csc(NC(=O)CSc3nnc(C(C)Oc4ccc(F)cc4F)n3C)n2)cc1C. The van der Waals surface area contributed by atoms with Gasteiger partial charge in [0.2, 0.25) is 5.91 Å². The molecule has 0 aliphatic carbocycles. The Hall–Kier alpha value is -3.31. The molecule has 7 nitrogen and oxygen atoms in total. The molecule has 0 bridgehead atoms. The predicted octanol–water partition coefficient (Wildman–Crippen LogP) is 5.70. The molecule has 4 rings (SSSR count). The van der Waals surface area contributed by atoms with Crippen molar-refractivity contribution in [1.29, 1.82) is 0 Å². The van der Waals surface area contributed by atoms with Gasteiger partial charge in [0, 0.05) is 24.1 Å². The summed E-state index contributed by atoms with van der Waals surface area (Å²) in [6, 6.07) is 9.24. The van der Waals surface area contributed by atoms with Gasteiger partial charge in [-0.3, -0.25) is 4.79 Å². The molecule has 2 aromatic carbocycles. The third kappa shape index (κ3) is 5.85. The number of nitrogens with one attached hydrogen (secondary N) is 1. The monoisotopic (exact) mass is 515 g/mol. The summed E-state index contributed by atoms with van der Waals surface area (Å²) in [6.07, 6.45) is -0.644. The van der Waals surface area contributed by atoms with Crippen LogP contribution in [0.2, 0.25) is 0 Å². The maximum absolute atomic E-state index is 13.9. The number of ether oxygens (including phenoxy) is 1. The van der Waals surface area contributed by atoms with Gasteiger partial charge in [-0.1, -0.05) is 23.9 Å². The molecular weight excluding hydrogens is 492 g/mol.